The monoisotopic (exact) mass is 312 g/mol. The summed E-state index contributed by atoms with van der Waals surface area (Å²) in [7, 11) is 0. The number of rotatable bonds is 3. The van der Waals surface area contributed by atoms with Gasteiger partial charge in [0.05, 0.1) is 5.56 Å². The summed E-state index contributed by atoms with van der Waals surface area (Å²) in [6.45, 7) is 2.21. The van der Waals surface area contributed by atoms with Crippen LogP contribution in [0.25, 0.3) is 0 Å². The van der Waals surface area contributed by atoms with Crippen molar-refractivity contribution in [2.45, 2.75) is 38.7 Å². The van der Waals surface area contributed by atoms with E-state index in [9.17, 15) is 4.79 Å². The molecule has 0 heterocycles. The molecule has 0 saturated heterocycles. The maximum absolute atomic E-state index is 10.9. The van der Waals surface area contributed by atoms with Crippen molar-refractivity contribution < 1.29 is 14.6 Å². The zero-order valence-corrected chi connectivity index (χ0v) is 11.9. The highest BCUT2D eigenvalue weighted by Gasteiger charge is 2.23. The van der Waals surface area contributed by atoms with Gasteiger partial charge in [-0.05, 0) is 59.3 Å². The van der Waals surface area contributed by atoms with Gasteiger partial charge in [0, 0.05) is 4.47 Å². The lowest BCUT2D eigenvalue weighted by atomic mass is 9.88. The number of ether oxygens (including phenoxy) is 1. The maximum atomic E-state index is 10.9. The molecular weight excluding hydrogens is 296 g/mol. The summed E-state index contributed by atoms with van der Waals surface area (Å²) in [4.78, 5) is 10.9. The minimum Gasteiger partial charge on any atom is -0.490 e. The molecule has 2 atom stereocenters. The fourth-order valence-electron chi connectivity index (χ4n) is 2.37. The Morgan fingerprint density at radius 2 is 2.11 bits per heavy atom. The fraction of sp³-hybridized carbons (Fsp3) is 0.500. The number of hydrogen-bond donors (Lipinski definition) is 1. The Morgan fingerprint density at radius 3 is 2.72 bits per heavy atom. The molecule has 1 aromatic rings. The summed E-state index contributed by atoms with van der Waals surface area (Å²) in [5.41, 5.74) is 0.263. The van der Waals surface area contributed by atoms with Crippen molar-refractivity contribution in [3.8, 4) is 5.75 Å². The predicted octanol–water partition coefficient (Wildman–Crippen LogP) is 4.10. The number of hydrogen-bond acceptors (Lipinski definition) is 2. The SMILES string of the molecule is CC1CCCCC1Oc1ccc(C(=O)O)c(Br)c1. The lowest BCUT2D eigenvalue weighted by molar-refractivity contribution is 0.0695. The van der Waals surface area contributed by atoms with Crippen molar-refractivity contribution >= 4 is 21.9 Å². The maximum Gasteiger partial charge on any atom is 0.336 e. The third kappa shape index (κ3) is 3.05. The minimum atomic E-state index is -0.931. The van der Waals surface area contributed by atoms with Gasteiger partial charge in [-0.15, -0.1) is 0 Å². The summed E-state index contributed by atoms with van der Waals surface area (Å²) in [5, 5.41) is 8.95. The molecule has 2 rings (SSSR count). The molecule has 4 heteroatoms. The number of carboxylic acid groups (broad SMARTS) is 1. The Labute approximate surface area is 115 Å². The first-order valence-electron chi connectivity index (χ1n) is 6.27. The van der Waals surface area contributed by atoms with E-state index in [0.717, 1.165) is 12.2 Å². The quantitative estimate of drug-likeness (QED) is 0.913. The predicted molar refractivity (Wildman–Crippen MR) is 73.1 cm³/mol. The molecule has 98 valence electrons. The zero-order valence-electron chi connectivity index (χ0n) is 10.4. The minimum absolute atomic E-state index is 0.251. The van der Waals surface area contributed by atoms with Crippen LogP contribution in [-0.4, -0.2) is 17.2 Å². The van der Waals surface area contributed by atoms with E-state index in [2.05, 4.69) is 22.9 Å². The Hall–Kier alpha value is -1.03. The van der Waals surface area contributed by atoms with Crippen LogP contribution in [0.1, 0.15) is 43.0 Å². The van der Waals surface area contributed by atoms with Gasteiger partial charge in [-0.1, -0.05) is 13.3 Å². The van der Waals surface area contributed by atoms with Gasteiger partial charge in [0.15, 0.2) is 0 Å². The van der Waals surface area contributed by atoms with Crippen molar-refractivity contribution in [2.75, 3.05) is 0 Å². The average molecular weight is 313 g/mol. The third-order valence-electron chi connectivity index (χ3n) is 3.49. The van der Waals surface area contributed by atoms with Crippen LogP contribution in [0.5, 0.6) is 5.75 Å². The van der Waals surface area contributed by atoms with E-state index in [1.54, 1.807) is 18.2 Å². The van der Waals surface area contributed by atoms with Gasteiger partial charge >= 0.3 is 5.97 Å². The van der Waals surface area contributed by atoms with Crippen molar-refractivity contribution in [2.24, 2.45) is 5.92 Å². The Bertz CT molecular complexity index is 445. The van der Waals surface area contributed by atoms with Crippen LogP contribution in [0.3, 0.4) is 0 Å². The van der Waals surface area contributed by atoms with Gasteiger partial charge in [-0.3, -0.25) is 0 Å². The topological polar surface area (TPSA) is 46.5 Å². The Balaban J connectivity index is 2.10. The summed E-state index contributed by atoms with van der Waals surface area (Å²) in [6.07, 6.45) is 5.03. The molecule has 0 amide bonds. The molecular formula is C14H17BrO3. The molecule has 0 bridgehead atoms. The molecule has 0 aromatic heterocycles. The van der Waals surface area contributed by atoms with Gasteiger partial charge in [0.25, 0.3) is 0 Å². The van der Waals surface area contributed by atoms with Crippen LogP contribution in [0.4, 0.5) is 0 Å². The Morgan fingerprint density at radius 1 is 1.39 bits per heavy atom. The number of aromatic carboxylic acids is 1. The highest BCUT2D eigenvalue weighted by atomic mass is 79.9. The molecule has 1 aliphatic rings. The van der Waals surface area contributed by atoms with Crippen molar-refractivity contribution in [1.82, 2.24) is 0 Å². The highest BCUT2D eigenvalue weighted by molar-refractivity contribution is 9.10. The lowest BCUT2D eigenvalue weighted by Gasteiger charge is -2.29. The van der Waals surface area contributed by atoms with E-state index in [0.29, 0.717) is 10.4 Å². The lowest BCUT2D eigenvalue weighted by Crippen LogP contribution is -2.28. The smallest absolute Gasteiger partial charge is 0.336 e. The molecule has 2 unspecified atom stereocenters. The van der Waals surface area contributed by atoms with Crippen LogP contribution >= 0.6 is 15.9 Å². The molecule has 0 spiro atoms. The summed E-state index contributed by atoms with van der Waals surface area (Å²) in [6, 6.07) is 5.05. The molecule has 0 radical (unpaired) electrons. The van der Waals surface area contributed by atoms with Gasteiger partial charge in [-0.2, -0.15) is 0 Å². The molecule has 1 aliphatic carbocycles. The Kier molecular flexibility index (Phi) is 4.27. The largest absolute Gasteiger partial charge is 0.490 e. The van der Waals surface area contributed by atoms with Crippen LogP contribution < -0.4 is 4.74 Å². The summed E-state index contributed by atoms with van der Waals surface area (Å²) in [5.74, 6) is 0.377. The zero-order chi connectivity index (χ0) is 13.1. The fourth-order valence-corrected chi connectivity index (χ4v) is 2.90. The van der Waals surface area contributed by atoms with Crippen LogP contribution in [-0.2, 0) is 0 Å². The number of carbonyl (C=O) groups is 1. The van der Waals surface area contributed by atoms with Crippen LogP contribution in [0.2, 0.25) is 0 Å². The second kappa shape index (κ2) is 5.74. The van der Waals surface area contributed by atoms with Gasteiger partial charge in [0.1, 0.15) is 11.9 Å². The third-order valence-corrected chi connectivity index (χ3v) is 4.15. The highest BCUT2D eigenvalue weighted by Crippen LogP contribution is 2.30. The molecule has 18 heavy (non-hydrogen) atoms. The van der Waals surface area contributed by atoms with E-state index >= 15 is 0 Å². The van der Waals surface area contributed by atoms with E-state index in [-0.39, 0.29) is 11.7 Å². The first-order valence-corrected chi connectivity index (χ1v) is 7.06. The molecule has 1 fully saturated rings. The van der Waals surface area contributed by atoms with E-state index in [1.165, 1.54) is 19.3 Å². The number of halogens is 1. The van der Waals surface area contributed by atoms with E-state index < -0.39 is 5.97 Å². The van der Waals surface area contributed by atoms with E-state index in [1.807, 2.05) is 0 Å². The molecule has 1 N–H and O–H groups in total. The first kappa shape index (κ1) is 13.4. The van der Waals surface area contributed by atoms with Crippen molar-refractivity contribution in [1.29, 1.82) is 0 Å². The van der Waals surface area contributed by atoms with Crippen molar-refractivity contribution in [3.05, 3.63) is 28.2 Å². The molecule has 1 saturated carbocycles. The standard InChI is InChI=1S/C14H17BrO3/c1-9-4-2-3-5-13(9)18-10-6-7-11(14(16)17)12(15)8-10/h6-9,13H,2-5H2,1H3,(H,16,17). The summed E-state index contributed by atoms with van der Waals surface area (Å²) < 4.78 is 6.53. The van der Waals surface area contributed by atoms with Gasteiger partial charge in [-0.25, -0.2) is 4.79 Å². The number of benzene rings is 1. The van der Waals surface area contributed by atoms with Crippen LogP contribution in [0, 0.1) is 5.92 Å². The second-order valence-electron chi connectivity index (χ2n) is 4.86. The summed E-state index contributed by atoms with van der Waals surface area (Å²) >= 11 is 3.27. The molecule has 1 aromatic carbocycles. The average Bonchev–Trinajstić information content (AvgIpc) is 2.32. The van der Waals surface area contributed by atoms with Gasteiger partial charge < -0.3 is 9.84 Å². The van der Waals surface area contributed by atoms with Crippen molar-refractivity contribution in [3.63, 3.8) is 0 Å². The van der Waals surface area contributed by atoms with Gasteiger partial charge in [0.2, 0.25) is 0 Å². The molecule has 3 nitrogen and oxygen atoms in total. The first-order chi connectivity index (χ1) is 8.58. The van der Waals surface area contributed by atoms with Crippen LogP contribution in [0.15, 0.2) is 22.7 Å². The number of carboxylic acids is 1. The second-order valence-corrected chi connectivity index (χ2v) is 5.72. The van der Waals surface area contributed by atoms with E-state index in [4.69, 9.17) is 9.84 Å². The molecule has 0 aliphatic heterocycles. The normalized spacial score (nSPS) is 23.7.